The van der Waals surface area contributed by atoms with Crippen LogP contribution in [0.25, 0.3) is 0 Å². The van der Waals surface area contributed by atoms with Crippen LogP contribution in [0.1, 0.15) is 22.0 Å². The van der Waals surface area contributed by atoms with E-state index in [1.165, 1.54) is 0 Å². The molecular formula is C15H14BrNO3. The van der Waals surface area contributed by atoms with E-state index >= 15 is 0 Å². The van der Waals surface area contributed by atoms with Crippen molar-refractivity contribution in [3.8, 4) is 5.75 Å². The van der Waals surface area contributed by atoms with Crippen LogP contribution < -0.4 is 10.5 Å². The maximum Gasteiger partial charge on any atom is 0.252 e. The summed E-state index contributed by atoms with van der Waals surface area (Å²) in [6.45, 7) is 0.0346. The molecule has 20 heavy (non-hydrogen) atoms. The number of para-hydroxylation sites is 1. The molecule has 1 amide bonds. The molecule has 0 aromatic heterocycles. The van der Waals surface area contributed by atoms with Gasteiger partial charge in [0, 0.05) is 4.47 Å². The molecule has 3 N–H and O–H groups in total. The highest BCUT2D eigenvalue weighted by atomic mass is 79.9. The van der Waals surface area contributed by atoms with Crippen LogP contribution in [-0.4, -0.2) is 17.6 Å². The van der Waals surface area contributed by atoms with Crippen LogP contribution in [0.4, 0.5) is 0 Å². The molecule has 4 nitrogen and oxygen atoms in total. The highest BCUT2D eigenvalue weighted by Crippen LogP contribution is 2.25. The van der Waals surface area contributed by atoms with Crippen molar-refractivity contribution in [3.05, 3.63) is 64.1 Å². The third-order valence-corrected chi connectivity index (χ3v) is 3.54. The van der Waals surface area contributed by atoms with Crippen LogP contribution in [0.2, 0.25) is 0 Å². The van der Waals surface area contributed by atoms with E-state index in [0.717, 1.165) is 10.0 Å². The summed E-state index contributed by atoms with van der Waals surface area (Å²) in [6, 6.07) is 14.0. The number of carbonyl (C=O) groups is 1. The average Bonchev–Trinajstić information content (AvgIpc) is 2.45. The summed E-state index contributed by atoms with van der Waals surface area (Å²) >= 11 is 3.37. The van der Waals surface area contributed by atoms with E-state index < -0.39 is 12.0 Å². The third-order valence-electron chi connectivity index (χ3n) is 2.81. The Kier molecular flexibility index (Phi) is 4.76. The topological polar surface area (TPSA) is 72.6 Å². The van der Waals surface area contributed by atoms with E-state index in [1.807, 2.05) is 18.2 Å². The van der Waals surface area contributed by atoms with Gasteiger partial charge in [0.05, 0.1) is 5.56 Å². The molecule has 0 aliphatic heterocycles. The lowest BCUT2D eigenvalue weighted by atomic mass is 10.1. The maximum absolute atomic E-state index is 11.3. The van der Waals surface area contributed by atoms with Gasteiger partial charge < -0.3 is 15.6 Å². The molecule has 2 rings (SSSR count). The van der Waals surface area contributed by atoms with Gasteiger partial charge in [-0.25, -0.2) is 0 Å². The van der Waals surface area contributed by atoms with Crippen LogP contribution >= 0.6 is 15.9 Å². The molecule has 1 unspecified atom stereocenters. The fourth-order valence-corrected chi connectivity index (χ4v) is 2.35. The number of benzene rings is 2. The van der Waals surface area contributed by atoms with Crippen molar-refractivity contribution in [1.82, 2.24) is 0 Å². The van der Waals surface area contributed by atoms with Gasteiger partial charge in [0.25, 0.3) is 5.91 Å². The smallest absolute Gasteiger partial charge is 0.252 e. The van der Waals surface area contributed by atoms with Crippen LogP contribution in [0.3, 0.4) is 0 Å². The molecule has 0 fully saturated rings. The second kappa shape index (κ2) is 6.54. The standard InChI is InChI=1S/C15H14BrNO3/c16-12-7-3-1-5-10(12)13(18)9-20-14-8-4-2-6-11(14)15(17)19/h1-8,13,18H,9H2,(H2,17,19). The number of carbonyl (C=O) groups excluding carboxylic acids is 1. The van der Waals surface area contributed by atoms with Crippen LogP contribution in [0, 0.1) is 0 Å². The lowest BCUT2D eigenvalue weighted by Crippen LogP contribution is -2.15. The van der Waals surface area contributed by atoms with Crippen LogP contribution in [0.15, 0.2) is 53.0 Å². The average molecular weight is 336 g/mol. The molecule has 0 saturated heterocycles. The first-order valence-corrected chi connectivity index (χ1v) is 6.83. The summed E-state index contributed by atoms with van der Waals surface area (Å²) in [5.74, 6) is -0.193. The molecule has 104 valence electrons. The zero-order valence-electron chi connectivity index (χ0n) is 10.6. The Hall–Kier alpha value is -1.85. The molecule has 0 aliphatic rings. The number of halogens is 1. The summed E-state index contributed by atoms with van der Waals surface area (Å²) in [5.41, 5.74) is 6.29. The molecule has 0 heterocycles. The number of hydrogen-bond donors (Lipinski definition) is 2. The summed E-state index contributed by atoms with van der Waals surface area (Å²) in [4.78, 5) is 11.3. The van der Waals surface area contributed by atoms with Crippen molar-refractivity contribution in [3.63, 3.8) is 0 Å². The van der Waals surface area contributed by atoms with E-state index in [2.05, 4.69) is 15.9 Å². The van der Waals surface area contributed by atoms with Crippen LogP contribution in [0.5, 0.6) is 5.75 Å². The van der Waals surface area contributed by atoms with E-state index in [0.29, 0.717) is 11.3 Å². The van der Waals surface area contributed by atoms with Gasteiger partial charge in [-0.15, -0.1) is 0 Å². The summed E-state index contributed by atoms with van der Waals surface area (Å²) in [7, 11) is 0. The molecule has 1 atom stereocenters. The Labute approximate surface area is 125 Å². The quantitative estimate of drug-likeness (QED) is 0.882. The fourth-order valence-electron chi connectivity index (χ4n) is 1.80. The van der Waals surface area contributed by atoms with Crippen LogP contribution in [-0.2, 0) is 0 Å². The lowest BCUT2D eigenvalue weighted by Gasteiger charge is -2.15. The zero-order valence-corrected chi connectivity index (χ0v) is 12.2. The van der Waals surface area contributed by atoms with Gasteiger partial charge in [0.1, 0.15) is 18.5 Å². The fraction of sp³-hybridized carbons (Fsp3) is 0.133. The number of hydrogen-bond acceptors (Lipinski definition) is 3. The number of amides is 1. The van der Waals surface area contributed by atoms with Gasteiger partial charge in [0.15, 0.2) is 0 Å². The number of nitrogens with two attached hydrogens (primary N) is 1. The lowest BCUT2D eigenvalue weighted by molar-refractivity contribution is 0.0966. The third kappa shape index (κ3) is 3.37. The zero-order chi connectivity index (χ0) is 14.5. The van der Waals surface area contributed by atoms with Crippen molar-refractivity contribution >= 4 is 21.8 Å². The number of aliphatic hydroxyl groups excluding tert-OH is 1. The number of ether oxygens (including phenoxy) is 1. The van der Waals surface area contributed by atoms with E-state index in [9.17, 15) is 9.90 Å². The molecule has 2 aromatic rings. The van der Waals surface area contributed by atoms with Crippen molar-refractivity contribution in [2.75, 3.05) is 6.61 Å². The van der Waals surface area contributed by atoms with Gasteiger partial charge in [-0.2, -0.15) is 0 Å². The first-order valence-electron chi connectivity index (χ1n) is 6.03. The normalized spacial score (nSPS) is 11.9. The highest BCUT2D eigenvalue weighted by molar-refractivity contribution is 9.10. The first kappa shape index (κ1) is 14.6. The minimum atomic E-state index is -0.800. The number of primary amides is 1. The van der Waals surface area contributed by atoms with Gasteiger partial charge in [-0.1, -0.05) is 46.3 Å². The number of aliphatic hydroxyl groups is 1. The van der Waals surface area contributed by atoms with Crippen molar-refractivity contribution < 1.29 is 14.6 Å². The Morgan fingerprint density at radius 1 is 1.20 bits per heavy atom. The van der Waals surface area contributed by atoms with Gasteiger partial charge in [-0.05, 0) is 23.8 Å². The minimum Gasteiger partial charge on any atom is -0.490 e. The van der Waals surface area contributed by atoms with Gasteiger partial charge in [0.2, 0.25) is 0 Å². The van der Waals surface area contributed by atoms with Crippen molar-refractivity contribution in [2.45, 2.75) is 6.10 Å². The van der Waals surface area contributed by atoms with E-state index in [1.54, 1.807) is 30.3 Å². The van der Waals surface area contributed by atoms with Gasteiger partial charge >= 0.3 is 0 Å². The largest absolute Gasteiger partial charge is 0.490 e. The maximum atomic E-state index is 11.3. The van der Waals surface area contributed by atoms with E-state index in [-0.39, 0.29) is 6.61 Å². The predicted octanol–water partition coefficient (Wildman–Crippen LogP) is 2.66. The van der Waals surface area contributed by atoms with Crippen molar-refractivity contribution in [1.29, 1.82) is 0 Å². The summed E-state index contributed by atoms with van der Waals surface area (Å²) in [5, 5.41) is 10.1. The highest BCUT2D eigenvalue weighted by Gasteiger charge is 2.14. The first-order chi connectivity index (χ1) is 9.59. The monoisotopic (exact) mass is 335 g/mol. The second-order valence-electron chi connectivity index (χ2n) is 4.21. The van der Waals surface area contributed by atoms with E-state index in [4.69, 9.17) is 10.5 Å². The molecule has 2 aromatic carbocycles. The Balaban J connectivity index is 2.10. The summed E-state index contributed by atoms with van der Waals surface area (Å²) in [6.07, 6.45) is -0.800. The SMILES string of the molecule is NC(=O)c1ccccc1OCC(O)c1ccccc1Br. The summed E-state index contributed by atoms with van der Waals surface area (Å²) < 4.78 is 6.30. The molecular weight excluding hydrogens is 322 g/mol. The molecule has 0 radical (unpaired) electrons. The van der Waals surface area contributed by atoms with Gasteiger partial charge in [-0.3, -0.25) is 4.79 Å². The Morgan fingerprint density at radius 2 is 1.85 bits per heavy atom. The Bertz CT molecular complexity index is 616. The molecule has 0 saturated carbocycles. The molecule has 0 aliphatic carbocycles. The molecule has 0 spiro atoms. The predicted molar refractivity (Wildman–Crippen MR) is 79.6 cm³/mol. The Morgan fingerprint density at radius 3 is 2.55 bits per heavy atom. The number of rotatable bonds is 5. The minimum absolute atomic E-state index is 0.0346. The second-order valence-corrected chi connectivity index (χ2v) is 5.06. The van der Waals surface area contributed by atoms with Crippen molar-refractivity contribution in [2.24, 2.45) is 5.73 Å². The molecule has 5 heteroatoms. The molecule has 0 bridgehead atoms.